The Balaban J connectivity index is 2.11. The van der Waals surface area contributed by atoms with Gasteiger partial charge in [0.05, 0.1) is 0 Å². The van der Waals surface area contributed by atoms with Crippen LogP contribution in [0.15, 0.2) is 48.5 Å². The molecule has 0 aromatic heterocycles. The summed E-state index contributed by atoms with van der Waals surface area (Å²) in [7, 11) is 0. The summed E-state index contributed by atoms with van der Waals surface area (Å²) in [5.74, 6) is 0.870. The van der Waals surface area contributed by atoms with Gasteiger partial charge in [-0.3, -0.25) is 5.41 Å². The molecule has 0 aliphatic heterocycles. The lowest BCUT2D eigenvalue weighted by Gasteiger charge is -2.07. The average molecular weight is 225 g/mol. The van der Waals surface area contributed by atoms with Crippen molar-refractivity contribution in [3.63, 3.8) is 0 Å². The van der Waals surface area contributed by atoms with Crippen molar-refractivity contribution in [2.24, 2.45) is 0 Å². The molecule has 0 spiro atoms. The molecule has 2 nitrogen and oxygen atoms in total. The number of benzene rings is 2. The Bertz CT molecular complexity index is 512. The lowest BCUT2D eigenvalue weighted by Crippen LogP contribution is -2.08. The Morgan fingerprint density at radius 1 is 0.824 bits per heavy atom. The minimum atomic E-state index is 0.175. The zero-order chi connectivity index (χ0) is 12.3. The summed E-state index contributed by atoms with van der Waals surface area (Å²) < 4.78 is 5.48. The molecule has 17 heavy (non-hydrogen) atoms. The fourth-order valence-electron chi connectivity index (χ4n) is 1.49. The van der Waals surface area contributed by atoms with Crippen molar-refractivity contribution >= 4 is 5.90 Å². The number of nitrogens with one attached hydrogen (secondary N) is 1. The molecule has 0 fully saturated rings. The van der Waals surface area contributed by atoms with E-state index in [0.29, 0.717) is 5.75 Å². The SMILES string of the molecule is Cc1ccc(OC(=N)c2ccc(C)cc2)cc1. The van der Waals surface area contributed by atoms with Crippen LogP contribution in [0.25, 0.3) is 0 Å². The third-order valence-electron chi connectivity index (χ3n) is 2.55. The van der Waals surface area contributed by atoms with Gasteiger partial charge in [0.25, 0.3) is 0 Å². The third kappa shape index (κ3) is 2.94. The van der Waals surface area contributed by atoms with Gasteiger partial charge in [-0.2, -0.15) is 0 Å². The molecule has 0 amide bonds. The second-order valence-electron chi connectivity index (χ2n) is 4.11. The maximum absolute atomic E-state index is 7.87. The third-order valence-corrected chi connectivity index (χ3v) is 2.55. The van der Waals surface area contributed by atoms with Crippen LogP contribution < -0.4 is 4.74 Å². The Morgan fingerprint density at radius 2 is 1.29 bits per heavy atom. The zero-order valence-electron chi connectivity index (χ0n) is 10.0. The predicted octanol–water partition coefficient (Wildman–Crippen LogP) is 3.71. The molecule has 86 valence electrons. The lowest BCUT2D eigenvalue weighted by atomic mass is 10.1. The van der Waals surface area contributed by atoms with Crippen LogP contribution in [-0.2, 0) is 0 Å². The van der Waals surface area contributed by atoms with Gasteiger partial charge in [-0.15, -0.1) is 0 Å². The van der Waals surface area contributed by atoms with Crippen molar-refractivity contribution in [2.45, 2.75) is 13.8 Å². The fourth-order valence-corrected chi connectivity index (χ4v) is 1.49. The Morgan fingerprint density at radius 3 is 1.82 bits per heavy atom. The summed E-state index contributed by atoms with van der Waals surface area (Å²) in [6.45, 7) is 4.04. The molecule has 0 heterocycles. The van der Waals surface area contributed by atoms with Gasteiger partial charge in [0.2, 0.25) is 5.90 Å². The van der Waals surface area contributed by atoms with Gasteiger partial charge in [0, 0.05) is 5.56 Å². The minimum Gasteiger partial charge on any atom is -0.439 e. The van der Waals surface area contributed by atoms with Gasteiger partial charge >= 0.3 is 0 Å². The van der Waals surface area contributed by atoms with Crippen molar-refractivity contribution in [3.8, 4) is 5.75 Å². The number of hydrogen-bond acceptors (Lipinski definition) is 2. The van der Waals surface area contributed by atoms with Crippen molar-refractivity contribution in [3.05, 3.63) is 65.2 Å². The van der Waals surface area contributed by atoms with E-state index in [-0.39, 0.29) is 5.90 Å². The van der Waals surface area contributed by atoms with Crippen LogP contribution in [0.5, 0.6) is 5.75 Å². The summed E-state index contributed by atoms with van der Waals surface area (Å²) in [5, 5.41) is 7.87. The van der Waals surface area contributed by atoms with E-state index in [4.69, 9.17) is 10.1 Å². The fraction of sp³-hybridized carbons (Fsp3) is 0.133. The molecule has 0 bridgehead atoms. The van der Waals surface area contributed by atoms with Crippen LogP contribution in [0.3, 0.4) is 0 Å². The first kappa shape index (κ1) is 11.4. The van der Waals surface area contributed by atoms with E-state index in [1.54, 1.807) is 0 Å². The van der Waals surface area contributed by atoms with Crippen LogP contribution in [0.2, 0.25) is 0 Å². The first-order valence-electron chi connectivity index (χ1n) is 5.55. The number of ether oxygens (including phenoxy) is 1. The van der Waals surface area contributed by atoms with Crippen LogP contribution in [0.1, 0.15) is 16.7 Å². The second kappa shape index (κ2) is 4.83. The second-order valence-corrected chi connectivity index (χ2v) is 4.11. The summed E-state index contributed by atoms with van der Waals surface area (Å²) in [4.78, 5) is 0. The predicted molar refractivity (Wildman–Crippen MR) is 69.8 cm³/mol. The largest absolute Gasteiger partial charge is 0.439 e. The Kier molecular flexibility index (Phi) is 3.24. The van der Waals surface area contributed by atoms with Gasteiger partial charge in [-0.05, 0) is 38.1 Å². The van der Waals surface area contributed by atoms with E-state index in [2.05, 4.69) is 0 Å². The smallest absolute Gasteiger partial charge is 0.219 e. The highest BCUT2D eigenvalue weighted by Gasteiger charge is 2.03. The molecule has 2 aromatic rings. The van der Waals surface area contributed by atoms with E-state index in [0.717, 1.165) is 5.56 Å². The van der Waals surface area contributed by atoms with E-state index in [9.17, 15) is 0 Å². The molecular formula is C15H15NO. The minimum absolute atomic E-state index is 0.175. The first-order chi connectivity index (χ1) is 8.15. The molecular weight excluding hydrogens is 210 g/mol. The molecule has 0 radical (unpaired) electrons. The van der Waals surface area contributed by atoms with E-state index in [1.807, 2.05) is 62.4 Å². The van der Waals surface area contributed by atoms with E-state index >= 15 is 0 Å². The maximum atomic E-state index is 7.87. The highest BCUT2D eigenvalue weighted by Crippen LogP contribution is 2.14. The Labute approximate surface area is 101 Å². The molecule has 0 unspecified atom stereocenters. The molecule has 2 rings (SSSR count). The molecule has 0 saturated carbocycles. The topological polar surface area (TPSA) is 33.1 Å². The van der Waals surface area contributed by atoms with Crippen LogP contribution >= 0.6 is 0 Å². The zero-order valence-corrected chi connectivity index (χ0v) is 10.0. The summed E-state index contributed by atoms with van der Waals surface area (Å²) in [6.07, 6.45) is 0. The van der Waals surface area contributed by atoms with Crippen molar-refractivity contribution in [1.82, 2.24) is 0 Å². The van der Waals surface area contributed by atoms with Gasteiger partial charge in [0.15, 0.2) is 0 Å². The van der Waals surface area contributed by atoms with Gasteiger partial charge in [0.1, 0.15) is 5.75 Å². The van der Waals surface area contributed by atoms with E-state index in [1.165, 1.54) is 11.1 Å². The Hall–Kier alpha value is -2.09. The normalized spacial score (nSPS) is 10.0. The number of aryl methyl sites for hydroxylation is 2. The van der Waals surface area contributed by atoms with Crippen LogP contribution in [0.4, 0.5) is 0 Å². The molecule has 0 aliphatic carbocycles. The van der Waals surface area contributed by atoms with Gasteiger partial charge in [-0.1, -0.05) is 35.4 Å². The van der Waals surface area contributed by atoms with Crippen LogP contribution in [0, 0.1) is 19.3 Å². The summed E-state index contributed by atoms with van der Waals surface area (Å²) in [6, 6.07) is 15.4. The lowest BCUT2D eigenvalue weighted by molar-refractivity contribution is 0.547. The molecule has 2 heteroatoms. The monoisotopic (exact) mass is 225 g/mol. The highest BCUT2D eigenvalue weighted by molar-refractivity contribution is 5.93. The van der Waals surface area contributed by atoms with E-state index < -0.39 is 0 Å². The molecule has 0 saturated heterocycles. The maximum Gasteiger partial charge on any atom is 0.219 e. The van der Waals surface area contributed by atoms with Crippen molar-refractivity contribution in [2.75, 3.05) is 0 Å². The summed E-state index contributed by atoms with van der Waals surface area (Å²) in [5.41, 5.74) is 3.15. The highest BCUT2D eigenvalue weighted by atomic mass is 16.5. The standard InChI is InChI=1S/C15H15NO/c1-11-3-7-13(8-4-11)15(16)17-14-9-5-12(2)6-10-14/h3-10,16H,1-2H3. The molecule has 2 aromatic carbocycles. The number of rotatable bonds is 2. The average Bonchev–Trinajstić information content (AvgIpc) is 2.33. The van der Waals surface area contributed by atoms with Crippen LogP contribution in [-0.4, -0.2) is 5.90 Å². The molecule has 0 atom stereocenters. The van der Waals surface area contributed by atoms with Crippen molar-refractivity contribution in [1.29, 1.82) is 5.41 Å². The van der Waals surface area contributed by atoms with Gasteiger partial charge in [-0.25, -0.2) is 0 Å². The van der Waals surface area contributed by atoms with Gasteiger partial charge < -0.3 is 4.74 Å². The van der Waals surface area contributed by atoms with Crippen molar-refractivity contribution < 1.29 is 4.74 Å². The molecule has 1 N–H and O–H groups in total. The molecule has 0 aliphatic rings. The summed E-state index contributed by atoms with van der Waals surface area (Å²) >= 11 is 0. The quantitative estimate of drug-likeness (QED) is 0.613. The first-order valence-corrected chi connectivity index (χ1v) is 5.55. The number of hydrogen-bond donors (Lipinski definition) is 1.